The SMILES string of the molecule is CC(C)C[C@H](NC(=O)[C@@H](N)Cc1ccccc1)C(=O)N[C@@H](Cc1c[nH]c2ccccc12)C(=O)N[C@H](C(=O)N[C@@H](Cc1cnc[nH]1)C(=O)N[C@@H](Cc1ccc(O)cc1)C(=O)N[C@@H](Cc1ccc(O)cc1)C(=O)N[C@@H](CO)C(=O)N[C@H](C(=O)O)C(C)C)[C@@H](C)O. The topological polar surface area (TPSA) is 422 Å². The summed E-state index contributed by atoms with van der Waals surface area (Å²) in [7, 11) is 0. The molecule has 88 heavy (non-hydrogen) atoms. The molecule has 6 rings (SSSR count). The second kappa shape index (κ2) is 32.2. The van der Waals surface area contributed by atoms with Gasteiger partial charge in [0.15, 0.2) is 0 Å². The van der Waals surface area contributed by atoms with E-state index in [9.17, 15) is 68.7 Å². The Kier molecular flexibility index (Phi) is 24.7. The fourth-order valence-electron chi connectivity index (χ4n) is 9.62. The van der Waals surface area contributed by atoms with Crippen molar-refractivity contribution >= 4 is 64.1 Å². The fraction of sp³-hybridized carbons (Fsp3) is 0.387. The summed E-state index contributed by atoms with van der Waals surface area (Å²) in [5.74, 6) is -9.78. The first-order valence-electron chi connectivity index (χ1n) is 28.7. The van der Waals surface area contributed by atoms with E-state index in [-0.39, 0.29) is 55.9 Å². The van der Waals surface area contributed by atoms with Crippen LogP contribution in [0.3, 0.4) is 0 Å². The van der Waals surface area contributed by atoms with E-state index in [2.05, 4.69) is 57.5 Å². The third-order valence-electron chi connectivity index (χ3n) is 14.4. The summed E-state index contributed by atoms with van der Waals surface area (Å²) in [5, 5.41) is 72.6. The van der Waals surface area contributed by atoms with E-state index in [1.807, 2.05) is 56.3 Å². The number of para-hydroxylation sites is 1. The van der Waals surface area contributed by atoms with Crippen LogP contribution in [-0.2, 0) is 75.3 Å². The van der Waals surface area contributed by atoms with Crippen molar-refractivity contribution in [1.82, 2.24) is 57.5 Å². The van der Waals surface area contributed by atoms with E-state index in [0.29, 0.717) is 27.8 Å². The molecule has 0 saturated carbocycles. The molecule has 0 aliphatic carbocycles. The molecule has 470 valence electrons. The molecule has 0 unspecified atom stereocenters. The highest BCUT2D eigenvalue weighted by Gasteiger charge is 2.37. The number of aromatic nitrogens is 3. The molecule has 26 nitrogen and oxygen atoms in total. The first-order chi connectivity index (χ1) is 41.9. The van der Waals surface area contributed by atoms with Gasteiger partial charge in [0, 0.05) is 54.7 Å². The van der Waals surface area contributed by atoms with E-state index >= 15 is 0 Å². The first-order valence-corrected chi connectivity index (χ1v) is 28.7. The Hall–Kier alpha value is -9.66. The van der Waals surface area contributed by atoms with Gasteiger partial charge in [-0.05, 0) is 84.2 Å². The van der Waals surface area contributed by atoms with Gasteiger partial charge in [-0.3, -0.25) is 38.4 Å². The lowest BCUT2D eigenvalue weighted by atomic mass is 9.99. The molecule has 2 heterocycles. The van der Waals surface area contributed by atoms with Crippen molar-refractivity contribution in [3.8, 4) is 11.5 Å². The standard InChI is InChI=1S/C62H78N12O14/c1-33(2)23-46(67-54(79)44(63)24-36-11-7-6-8-12-36)55(80)70-49(27-39-29-65-45-14-10-9-13-43(39)45)59(84)74-53(35(5)76)61(86)71-50(28-40-30-64-32-66-40)58(83)69-47(25-37-15-19-41(77)20-16-37)56(81)68-48(26-38-17-21-42(78)22-18-38)57(82)72-51(31-75)60(85)73-52(34(3)4)62(87)88/h6-22,29-30,32-35,44,46-53,65,75-78H,23-28,31,63H2,1-5H3,(H,64,66)(H,67,79)(H,68,81)(H,69,83)(H,70,80)(H,71,86)(H,72,82)(H,73,85)(H,74,84)(H,87,88)/t35-,44+,46+,47+,48+,49+,50+,51+,52+,53+/m1/s1. The average molecular weight is 1220 g/mol. The average Bonchev–Trinajstić information content (AvgIpc) is 3.71. The van der Waals surface area contributed by atoms with Crippen molar-refractivity contribution in [2.24, 2.45) is 17.6 Å². The molecule has 0 aliphatic heterocycles. The summed E-state index contributed by atoms with van der Waals surface area (Å²) >= 11 is 0. The molecule has 0 saturated heterocycles. The number of aliphatic carboxylic acids is 1. The molecule has 0 radical (unpaired) electrons. The zero-order valence-electron chi connectivity index (χ0n) is 49.4. The highest BCUT2D eigenvalue weighted by Crippen LogP contribution is 2.21. The van der Waals surface area contributed by atoms with Gasteiger partial charge in [-0.25, -0.2) is 9.78 Å². The molecule has 0 aliphatic rings. The maximum Gasteiger partial charge on any atom is 0.326 e. The van der Waals surface area contributed by atoms with E-state index in [0.717, 1.165) is 11.1 Å². The number of aliphatic hydroxyl groups is 2. The third kappa shape index (κ3) is 20.0. The van der Waals surface area contributed by atoms with Crippen molar-refractivity contribution in [1.29, 1.82) is 0 Å². The summed E-state index contributed by atoms with van der Waals surface area (Å²) in [6, 6.07) is 14.1. The number of phenols is 2. The lowest BCUT2D eigenvalue weighted by Gasteiger charge is -2.29. The molecule has 6 aromatic rings. The van der Waals surface area contributed by atoms with Crippen LogP contribution in [-0.4, -0.2) is 161 Å². The van der Waals surface area contributed by atoms with Crippen molar-refractivity contribution in [3.05, 3.63) is 150 Å². The predicted molar refractivity (Wildman–Crippen MR) is 322 cm³/mol. The van der Waals surface area contributed by atoms with Gasteiger partial charge in [-0.1, -0.05) is 100 Å². The number of amides is 8. The highest BCUT2D eigenvalue weighted by atomic mass is 16.4. The minimum Gasteiger partial charge on any atom is -0.508 e. The number of fused-ring (bicyclic) bond motifs is 1. The number of nitrogens with zero attached hydrogens (tertiary/aromatic N) is 1. The number of rotatable bonds is 32. The lowest BCUT2D eigenvalue weighted by molar-refractivity contribution is -0.144. The van der Waals surface area contributed by atoms with Gasteiger partial charge in [0.1, 0.15) is 59.8 Å². The van der Waals surface area contributed by atoms with Crippen LogP contribution in [0.2, 0.25) is 0 Å². The van der Waals surface area contributed by atoms with Gasteiger partial charge in [0.2, 0.25) is 47.3 Å². The summed E-state index contributed by atoms with van der Waals surface area (Å²) in [6.45, 7) is 6.99. The number of aromatic hydroxyl groups is 2. The number of phenolic OH excluding ortho intramolecular Hbond substituents is 2. The Labute approximate surface area is 507 Å². The van der Waals surface area contributed by atoms with Gasteiger partial charge >= 0.3 is 5.97 Å². The molecule has 8 amide bonds. The van der Waals surface area contributed by atoms with Crippen molar-refractivity contribution < 1.29 is 68.7 Å². The molecular formula is C62H78N12O14. The van der Waals surface area contributed by atoms with Gasteiger partial charge in [0.05, 0.1) is 25.1 Å². The zero-order valence-corrected chi connectivity index (χ0v) is 49.4. The fourth-order valence-corrected chi connectivity index (χ4v) is 9.62. The Balaban J connectivity index is 1.27. The van der Waals surface area contributed by atoms with E-state index in [1.54, 1.807) is 18.3 Å². The molecule has 0 bridgehead atoms. The van der Waals surface area contributed by atoms with Crippen molar-refractivity contribution in [3.63, 3.8) is 0 Å². The van der Waals surface area contributed by atoms with Gasteiger partial charge in [0.25, 0.3) is 0 Å². The van der Waals surface area contributed by atoms with Gasteiger partial charge in [-0.2, -0.15) is 0 Å². The van der Waals surface area contributed by atoms with Crippen LogP contribution in [0, 0.1) is 11.8 Å². The van der Waals surface area contributed by atoms with Crippen LogP contribution in [0.5, 0.6) is 11.5 Å². The molecular weight excluding hydrogens is 1140 g/mol. The number of aliphatic hydroxyl groups excluding tert-OH is 2. The summed E-state index contributed by atoms with van der Waals surface area (Å²) in [4.78, 5) is 136. The largest absolute Gasteiger partial charge is 0.508 e. The maximum absolute atomic E-state index is 14.8. The van der Waals surface area contributed by atoms with E-state index < -0.39 is 126 Å². The van der Waals surface area contributed by atoms with Crippen LogP contribution < -0.4 is 48.3 Å². The Bertz CT molecular complexity index is 3320. The third-order valence-corrected chi connectivity index (χ3v) is 14.4. The minimum atomic E-state index is -1.81. The molecule has 4 aromatic carbocycles. The van der Waals surface area contributed by atoms with E-state index in [1.165, 1.54) is 81.8 Å². The number of H-pyrrole nitrogens is 2. The zero-order chi connectivity index (χ0) is 64.2. The summed E-state index contributed by atoms with van der Waals surface area (Å²) in [5.41, 5.74) is 9.51. The van der Waals surface area contributed by atoms with Crippen LogP contribution in [0.25, 0.3) is 10.9 Å². The second-order valence-electron chi connectivity index (χ2n) is 22.4. The summed E-state index contributed by atoms with van der Waals surface area (Å²) in [6.07, 6.45) is 1.93. The maximum atomic E-state index is 14.8. The molecule has 17 N–H and O–H groups in total. The summed E-state index contributed by atoms with van der Waals surface area (Å²) < 4.78 is 0. The highest BCUT2D eigenvalue weighted by molar-refractivity contribution is 5.99. The Morgan fingerprint density at radius 2 is 0.955 bits per heavy atom. The lowest BCUT2D eigenvalue weighted by Crippen LogP contribution is -2.62. The normalized spacial score (nSPS) is 14.8. The number of hydrogen-bond acceptors (Lipinski definition) is 15. The number of benzene rings is 4. The number of nitrogens with one attached hydrogen (secondary N) is 10. The molecule has 2 aromatic heterocycles. The van der Waals surface area contributed by atoms with Gasteiger partial charge < -0.3 is 83.8 Å². The Morgan fingerprint density at radius 3 is 1.47 bits per heavy atom. The number of carboxylic acid groups (broad SMARTS) is 1. The monoisotopic (exact) mass is 1210 g/mol. The second-order valence-corrected chi connectivity index (χ2v) is 22.4. The number of hydrogen-bond donors (Lipinski definition) is 16. The predicted octanol–water partition coefficient (Wildman–Crippen LogP) is 0.181. The van der Waals surface area contributed by atoms with E-state index in [4.69, 9.17) is 5.73 Å². The van der Waals surface area contributed by atoms with Crippen LogP contribution in [0.1, 0.15) is 69.0 Å². The number of carbonyl (C=O) groups excluding carboxylic acids is 8. The molecule has 0 fully saturated rings. The Morgan fingerprint density at radius 1 is 0.500 bits per heavy atom. The van der Waals surface area contributed by atoms with Crippen LogP contribution in [0.15, 0.2) is 122 Å². The smallest absolute Gasteiger partial charge is 0.326 e. The number of aromatic amines is 2. The number of carbonyl (C=O) groups is 9. The van der Waals surface area contributed by atoms with Crippen LogP contribution >= 0.6 is 0 Å². The molecule has 10 atom stereocenters. The van der Waals surface area contributed by atoms with Crippen molar-refractivity contribution in [2.45, 2.75) is 134 Å². The molecule has 0 spiro atoms. The van der Waals surface area contributed by atoms with Crippen molar-refractivity contribution in [2.75, 3.05) is 6.61 Å². The minimum absolute atomic E-state index is 0.121. The quantitative estimate of drug-likeness (QED) is 0.0268. The van der Waals surface area contributed by atoms with Gasteiger partial charge in [-0.15, -0.1) is 0 Å². The number of imidazole rings is 1. The molecule has 26 heteroatoms. The number of nitrogens with two attached hydrogens (primary N) is 1. The van der Waals surface area contributed by atoms with Crippen LogP contribution in [0.4, 0.5) is 0 Å². The first kappa shape index (κ1) is 67.5. The number of carboxylic acids is 1.